The van der Waals surface area contributed by atoms with Crippen molar-refractivity contribution in [3.63, 3.8) is 0 Å². The zero-order valence-electron chi connectivity index (χ0n) is 13.6. The average Bonchev–Trinajstić information content (AvgIpc) is 3.06. The van der Waals surface area contributed by atoms with E-state index in [0.29, 0.717) is 0 Å². The Kier molecular flexibility index (Phi) is 4.87. The molecule has 0 fully saturated rings. The number of carbonyl (C=O) groups excluding carboxylic acids is 1. The van der Waals surface area contributed by atoms with E-state index in [9.17, 15) is 4.79 Å². The number of nitrogens with zero attached hydrogens (tertiary/aromatic N) is 1. The van der Waals surface area contributed by atoms with Gasteiger partial charge in [0.15, 0.2) is 0 Å². The van der Waals surface area contributed by atoms with Gasteiger partial charge in [-0.3, -0.25) is 4.79 Å². The van der Waals surface area contributed by atoms with Crippen LogP contribution in [0.1, 0.15) is 12.5 Å². The van der Waals surface area contributed by atoms with Gasteiger partial charge >= 0.3 is 0 Å². The van der Waals surface area contributed by atoms with E-state index in [1.807, 2.05) is 43.3 Å². The largest absolute Gasteiger partial charge is 0.323 e. The average molecular weight is 334 g/mol. The number of benzene rings is 2. The fraction of sp³-hybridized carbons (Fsp3) is 0.100. The Labute approximate surface area is 145 Å². The first-order valence-corrected chi connectivity index (χ1v) is 8.61. The number of thiazole rings is 1. The van der Waals surface area contributed by atoms with E-state index >= 15 is 0 Å². The van der Waals surface area contributed by atoms with E-state index in [0.717, 1.165) is 22.0 Å². The van der Waals surface area contributed by atoms with Crippen LogP contribution in [0, 0.1) is 6.92 Å². The van der Waals surface area contributed by atoms with Crippen molar-refractivity contribution in [3.8, 4) is 21.8 Å². The first kappa shape index (κ1) is 16.1. The zero-order valence-corrected chi connectivity index (χ0v) is 14.4. The lowest BCUT2D eigenvalue weighted by Gasteiger charge is -2.03. The highest BCUT2D eigenvalue weighted by atomic mass is 32.1. The maximum Gasteiger partial charge on any atom is 0.248 e. The number of aromatic nitrogens is 1. The summed E-state index contributed by atoms with van der Waals surface area (Å²) >= 11 is 1.64. The predicted molar refractivity (Wildman–Crippen MR) is 101 cm³/mol. The van der Waals surface area contributed by atoms with Crippen molar-refractivity contribution >= 4 is 22.9 Å². The van der Waals surface area contributed by atoms with Gasteiger partial charge in [-0.15, -0.1) is 11.3 Å². The smallest absolute Gasteiger partial charge is 0.248 e. The fourth-order valence-electron chi connectivity index (χ4n) is 2.40. The van der Waals surface area contributed by atoms with Crippen molar-refractivity contribution in [2.75, 3.05) is 5.32 Å². The van der Waals surface area contributed by atoms with Crippen molar-refractivity contribution < 1.29 is 4.79 Å². The minimum atomic E-state index is -0.124. The molecule has 0 saturated heterocycles. The molecule has 0 unspecified atom stereocenters. The number of hydrogen-bond donors (Lipinski definition) is 1. The van der Waals surface area contributed by atoms with Crippen molar-refractivity contribution in [2.24, 2.45) is 0 Å². The molecule has 0 bridgehead atoms. The number of rotatable bonds is 4. The number of allylic oxidation sites excluding steroid dienone is 1. The van der Waals surface area contributed by atoms with E-state index in [-0.39, 0.29) is 5.91 Å². The molecule has 0 aliphatic carbocycles. The third kappa shape index (κ3) is 3.60. The Morgan fingerprint density at radius 2 is 1.88 bits per heavy atom. The lowest BCUT2D eigenvalue weighted by Crippen LogP contribution is -2.07. The molecule has 0 aliphatic heterocycles. The van der Waals surface area contributed by atoms with E-state index in [2.05, 4.69) is 29.8 Å². The summed E-state index contributed by atoms with van der Waals surface area (Å²) < 4.78 is 0. The molecule has 0 spiro atoms. The molecule has 3 aromatic rings. The van der Waals surface area contributed by atoms with Crippen LogP contribution in [-0.2, 0) is 4.79 Å². The van der Waals surface area contributed by atoms with Crippen LogP contribution in [0.25, 0.3) is 21.8 Å². The second-order valence-electron chi connectivity index (χ2n) is 5.42. The molecule has 4 heteroatoms. The van der Waals surface area contributed by atoms with Gasteiger partial charge in [-0.25, -0.2) is 4.98 Å². The van der Waals surface area contributed by atoms with Crippen molar-refractivity contribution in [1.29, 1.82) is 0 Å². The van der Waals surface area contributed by atoms with Crippen LogP contribution in [0.2, 0.25) is 0 Å². The quantitative estimate of drug-likeness (QED) is 0.658. The molecular formula is C20H18N2OS. The van der Waals surface area contributed by atoms with Gasteiger partial charge in [0.25, 0.3) is 0 Å². The molecule has 1 aromatic heterocycles. The summed E-state index contributed by atoms with van der Waals surface area (Å²) in [5.74, 6) is -0.124. The van der Waals surface area contributed by atoms with Crippen LogP contribution in [-0.4, -0.2) is 10.9 Å². The molecular weight excluding hydrogens is 316 g/mol. The zero-order chi connectivity index (χ0) is 16.9. The number of nitrogens with one attached hydrogen (secondary N) is 1. The topological polar surface area (TPSA) is 42.0 Å². The molecule has 3 rings (SSSR count). The SMILES string of the molecule is C/C=C/C(=O)Nc1ccc(-c2csc(-c3ccccc3C)n2)cc1. The number of amides is 1. The molecule has 1 amide bonds. The molecule has 0 atom stereocenters. The van der Waals surface area contributed by atoms with Crippen LogP contribution in [0.5, 0.6) is 0 Å². The summed E-state index contributed by atoms with van der Waals surface area (Å²) in [5.41, 5.74) is 5.15. The van der Waals surface area contributed by atoms with Crippen LogP contribution >= 0.6 is 11.3 Å². The van der Waals surface area contributed by atoms with Gasteiger partial charge in [0.2, 0.25) is 5.91 Å². The number of anilines is 1. The number of carbonyl (C=O) groups is 1. The summed E-state index contributed by atoms with van der Waals surface area (Å²) in [5, 5.41) is 5.90. The highest BCUT2D eigenvalue weighted by Crippen LogP contribution is 2.31. The maximum absolute atomic E-state index is 11.6. The van der Waals surface area contributed by atoms with Gasteiger partial charge in [0, 0.05) is 22.2 Å². The van der Waals surface area contributed by atoms with Gasteiger partial charge < -0.3 is 5.32 Å². The minimum Gasteiger partial charge on any atom is -0.323 e. The standard InChI is InChI=1S/C20H18N2OS/c1-3-6-19(23)21-16-11-9-15(10-12-16)18-13-24-20(22-18)17-8-5-4-7-14(17)2/h3-13H,1-2H3,(H,21,23)/b6-3+. The normalized spacial score (nSPS) is 10.9. The monoisotopic (exact) mass is 334 g/mol. The van der Waals surface area contributed by atoms with Crippen LogP contribution in [0.15, 0.2) is 66.1 Å². The Morgan fingerprint density at radius 1 is 1.12 bits per heavy atom. The Balaban J connectivity index is 1.81. The van der Waals surface area contributed by atoms with E-state index in [1.54, 1.807) is 17.4 Å². The van der Waals surface area contributed by atoms with E-state index in [4.69, 9.17) is 4.98 Å². The first-order valence-electron chi connectivity index (χ1n) is 7.73. The van der Waals surface area contributed by atoms with Gasteiger partial charge in [-0.05, 0) is 37.6 Å². The molecule has 1 N–H and O–H groups in total. The maximum atomic E-state index is 11.6. The molecule has 0 saturated carbocycles. The first-order chi connectivity index (χ1) is 11.7. The van der Waals surface area contributed by atoms with Crippen LogP contribution < -0.4 is 5.32 Å². The summed E-state index contributed by atoms with van der Waals surface area (Å²) in [6.07, 6.45) is 3.22. The van der Waals surface area contributed by atoms with Crippen LogP contribution in [0.3, 0.4) is 0 Å². The Bertz CT molecular complexity index is 879. The summed E-state index contributed by atoms with van der Waals surface area (Å²) in [4.78, 5) is 16.3. The highest BCUT2D eigenvalue weighted by Gasteiger charge is 2.08. The molecule has 2 aromatic carbocycles. The number of aryl methyl sites for hydroxylation is 1. The lowest BCUT2D eigenvalue weighted by atomic mass is 10.1. The lowest BCUT2D eigenvalue weighted by molar-refractivity contribution is -0.111. The molecule has 1 heterocycles. The molecule has 120 valence electrons. The Hall–Kier alpha value is -2.72. The summed E-state index contributed by atoms with van der Waals surface area (Å²) in [6, 6.07) is 16.0. The third-order valence-electron chi connectivity index (χ3n) is 3.65. The van der Waals surface area contributed by atoms with Crippen molar-refractivity contribution in [2.45, 2.75) is 13.8 Å². The van der Waals surface area contributed by atoms with Crippen molar-refractivity contribution in [1.82, 2.24) is 4.98 Å². The molecule has 24 heavy (non-hydrogen) atoms. The van der Waals surface area contributed by atoms with Crippen LogP contribution in [0.4, 0.5) is 5.69 Å². The van der Waals surface area contributed by atoms with Gasteiger partial charge in [0.1, 0.15) is 5.01 Å². The summed E-state index contributed by atoms with van der Waals surface area (Å²) in [7, 11) is 0. The highest BCUT2D eigenvalue weighted by molar-refractivity contribution is 7.13. The fourth-order valence-corrected chi connectivity index (χ4v) is 3.32. The van der Waals surface area contributed by atoms with E-state index < -0.39 is 0 Å². The van der Waals surface area contributed by atoms with Gasteiger partial charge in [-0.2, -0.15) is 0 Å². The third-order valence-corrected chi connectivity index (χ3v) is 4.52. The van der Waals surface area contributed by atoms with Crippen molar-refractivity contribution in [3.05, 3.63) is 71.6 Å². The van der Waals surface area contributed by atoms with E-state index in [1.165, 1.54) is 17.2 Å². The Morgan fingerprint density at radius 3 is 2.58 bits per heavy atom. The minimum absolute atomic E-state index is 0.124. The predicted octanol–water partition coefficient (Wildman–Crippen LogP) is 5.30. The number of hydrogen-bond acceptors (Lipinski definition) is 3. The molecule has 0 aliphatic rings. The molecule has 0 radical (unpaired) electrons. The van der Waals surface area contributed by atoms with Gasteiger partial charge in [-0.1, -0.05) is 42.5 Å². The second kappa shape index (κ2) is 7.23. The summed E-state index contributed by atoms with van der Waals surface area (Å²) in [6.45, 7) is 3.91. The van der Waals surface area contributed by atoms with Gasteiger partial charge in [0.05, 0.1) is 5.69 Å². The molecule has 3 nitrogen and oxygen atoms in total. The second-order valence-corrected chi connectivity index (χ2v) is 6.28.